The summed E-state index contributed by atoms with van der Waals surface area (Å²) < 4.78 is 0. The van der Waals surface area contributed by atoms with Gasteiger partial charge in [-0.05, 0) is 37.8 Å². The van der Waals surface area contributed by atoms with Gasteiger partial charge in [-0.15, -0.1) is 0 Å². The van der Waals surface area contributed by atoms with Crippen LogP contribution in [0.1, 0.15) is 44.7 Å². The van der Waals surface area contributed by atoms with E-state index in [0.29, 0.717) is 6.04 Å². The summed E-state index contributed by atoms with van der Waals surface area (Å²) in [5, 5.41) is 0.256. The summed E-state index contributed by atoms with van der Waals surface area (Å²) in [4.78, 5) is 25.3. The smallest absolute Gasteiger partial charge is 0.249 e. The van der Waals surface area contributed by atoms with Crippen molar-refractivity contribution in [2.24, 2.45) is 0 Å². The first kappa shape index (κ1) is 14.6. The van der Waals surface area contributed by atoms with E-state index in [4.69, 9.17) is 11.6 Å². The van der Waals surface area contributed by atoms with Crippen molar-refractivity contribution in [2.45, 2.75) is 58.0 Å². The Labute approximate surface area is 130 Å². The van der Waals surface area contributed by atoms with Gasteiger partial charge in [0, 0.05) is 13.1 Å². The molecule has 1 aliphatic heterocycles. The van der Waals surface area contributed by atoms with Crippen LogP contribution in [0.5, 0.6) is 0 Å². The minimum atomic E-state index is -0.143. The van der Waals surface area contributed by atoms with Crippen molar-refractivity contribution in [1.82, 2.24) is 9.97 Å². The highest BCUT2D eigenvalue weighted by atomic mass is 35.5. The monoisotopic (exact) mass is 308 g/mol. The average molecular weight is 309 g/mol. The lowest BCUT2D eigenvalue weighted by molar-refractivity contribution is -0.120. The third kappa shape index (κ3) is 2.27. The lowest BCUT2D eigenvalue weighted by Crippen LogP contribution is -2.55. The van der Waals surface area contributed by atoms with E-state index in [0.717, 1.165) is 36.5 Å². The summed E-state index contributed by atoms with van der Waals surface area (Å²) in [6.45, 7) is 3.94. The van der Waals surface area contributed by atoms with Gasteiger partial charge in [0.1, 0.15) is 11.7 Å². The topological polar surface area (TPSA) is 49.3 Å². The number of anilines is 2. The van der Waals surface area contributed by atoms with E-state index in [9.17, 15) is 4.79 Å². The average Bonchev–Trinajstić information content (AvgIpc) is 2.95. The van der Waals surface area contributed by atoms with Crippen molar-refractivity contribution in [3.63, 3.8) is 0 Å². The lowest BCUT2D eigenvalue weighted by atomic mass is 10.0. The molecule has 1 aromatic heterocycles. The fourth-order valence-corrected chi connectivity index (χ4v) is 3.88. The Kier molecular flexibility index (Phi) is 3.78. The quantitative estimate of drug-likeness (QED) is 0.788. The van der Waals surface area contributed by atoms with Gasteiger partial charge in [-0.25, -0.2) is 4.98 Å². The molecule has 0 aromatic carbocycles. The number of hydrogen-bond donors (Lipinski definition) is 0. The van der Waals surface area contributed by atoms with Crippen molar-refractivity contribution in [3.8, 4) is 0 Å². The van der Waals surface area contributed by atoms with Gasteiger partial charge < -0.3 is 9.80 Å². The number of hydrogen-bond acceptors (Lipinski definition) is 4. The van der Waals surface area contributed by atoms with Crippen LogP contribution < -0.4 is 9.80 Å². The van der Waals surface area contributed by atoms with E-state index in [2.05, 4.69) is 21.8 Å². The van der Waals surface area contributed by atoms with Crippen LogP contribution in [0.25, 0.3) is 0 Å². The fraction of sp³-hybridized carbons (Fsp3) is 0.667. The van der Waals surface area contributed by atoms with Crippen LogP contribution in [0.3, 0.4) is 0 Å². The number of carbonyl (C=O) groups excluding carboxylic acids is 1. The van der Waals surface area contributed by atoms with Gasteiger partial charge in [0.2, 0.25) is 11.2 Å². The van der Waals surface area contributed by atoms with Crippen LogP contribution in [0, 0.1) is 6.92 Å². The molecule has 6 heteroatoms. The Balaban J connectivity index is 2.16. The summed E-state index contributed by atoms with van der Waals surface area (Å²) in [6.07, 6.45) is 5.45. The zero-order chi connectivity index (χ0) is 15.1. The maximum absolute atomic E-state index is 12.7. The number of carbonyl (C=O) groups is 1. The first-order valence-electron chi connectivity index (χ1n) is 7.64. The van der Waals surface area contributed by atoms with E-state index in [1.165, 1.54) is 12.8 Å². The molecule has 1 saturated carbocycles. The molecule has 5 nitrogen and oxygen atoms in total. The Hall–Kier alpha value is -1.36. The fourth-order valence-electron chi connectivity index (χ4n) is 3.67. The maximum atomic E-state index is 12.7. The second kappa shape index (κ2) is 5.44. The molecule has 0 unspecified atom stereocenters. The molecule has 0 bridgehead atoms. The number of fused-ring (bicyclic) bond motifs is 1. The van der Waals surface area contributed by atoms with Crippen molar-refractivity contribution < 1.29 is 4.79 Å². The summed E-state index contributed by atoms with van der Waals surface area (Å²) in [5.74, 6) is 0.958. The number of aromatic nitrogens is 2. The van der Waals surface area contributed by atoms with Gasteiger partial charge in [-0.1, -0.05) is 19.8 Å². The van der Waals surface area contributed by atoms with Crippen LogP contribution >= 0.6 is 11.6 Å². The van der Waals surface area contributed by atoms with E-state index in [-0.39, 0.29) is 17.2 Å². The molecule has 1 aromatic rings. The molecular formula is C15H21ClN4O. The molecule has 1 amide bonds. The van der Waals surface area contributed by atoms with Crippen molar-refractivity contribution in [2.75, 3.05) is 16.8 Å². The van der Waals surface area contributed by atoms with Crippen LogP contribution in [0.2, 0.25) is 5.28 Å². The minimum Gasteiger partial charge on any atom is -0.340 e. The minimum absolute atomic E-state index is 0.130. The number of aryl methyl sites for hydroxylation is 1. The van der Waals surface area contributed by atoms with Crippen molar-refractivity contribution in [3.05, 3.63) is 11.0 Å². The Morgan fingerprint density at radius 2 is 1.95 bits per heavy atom. The zero-order valence-corrected chi connectivity index (χ0v) is 13.5. The molecular weight excluding hydrogens is 288 g/mol. The lowest BCUT2D eigenvalue weighted by Gasteiger charge is -2.44. The largest absolute Gasteiger partial charge is 0.340 e. The SMILES string of the molecule is CC[C@@H]1C(=O)N(C)c2c(C)nc(Cl)nc2N1C1CCCC1. The number of rotatable bonds is 2. The highest BCUT2D eigenvalue weighted by molar-refractivity contribution is 6.28. The number of halogens is 1. The van der Waals surface area contributed by atoms with E-state index in [1.54, 1.807) is 11.9 Å². The Morgan fingerprint density at radius 3 is 2.57 bits per heavy atom. The summed E-state index contributed by atoms with van der Waals surface area (Å²) in [5.41, 5.74) is 1.57. The predicted octanol–water partition coefficient (Wildman–Crippen LogP) is 2.94. The molecule has 21 heavy (non-hydrogen) atoms. The number of amides is 1. The van der Waals surface area contributed by atoms with Crippen molar-refractivity contribution in [1.29, 1.82) is 0 Å². The second-order valence-electron chi connectivity index (χ2n) is 5.92. The third-order valence-electron chi connectivity index (χ3n) is 4.65. The molecule has 1 aliphatic carbocycles. The van der Waals surface area contributed by atoms with Gasteiger partial charge in [-0.3, -0.25) is 4.79 Å². The van der Waals surface area contributed by atoms with Gasteiger partial charge in [-0.2, -0.15) is 4.98 Å². The van der Waals surface area contributed by atoms with Crippen molar-refractivity contribution >= 4 is 29.0 Å². The van der Waals surface area contributed by atoms with Crippen LogP contribution in [-0.2, 0) is 4.79 Å². The molecule has 3 rings (SSSR count). The summed E-state index contributed by atoms with van der Waals surface area (Å²) in [6, 6.07) is 0.243. The van der Waals surface area contributed by atoms with E-state index in [1.807, 2.05) is 6.92 Å². The first-order valence-corrected chi connectivity index (χ1v) is 8.02. The normalized spacial score (nSPS) is 22.9. The second-order valence-corrected chi connectivity index (χ2v) is 6.26. The van der Waals surface area contributed by atoms with Gasteiger partial charge >= 0.3 is 0 Å². The molecule has 0 saturated heterocycles. The molecule has 2 heterocycles. The van der Waals surface area contributed by atoms with Gasteiger partial charge in [0.25, 0.3) is 0 Å². The molecule has 1 fully saturated rings. The predicted molar refractivity (Wildman–Crippen MR) is 84.0 cm³/mol. The van der Waals surface area contributed by atoms with E-state index >= 15 is 0 Å². The highest BCUT2D eigenvalue weighted by Crippen LogP contribution is 2.41. The molecule has 0 N–H and O–H groups in total. The molecule has 0 spiro atoms. The van der Waals surface area contributed by atoms with Crippen LogP contribution in [0.4, 0.5) is 11.5 Å². The Morgan fingerprint density at radius 1 is 1.29 bits per heavy atom. The molecule has 2 aliphatic rings. The molecule has 114 valence electrons. The standard InChI is InChI=1S/C15H21ClN4O/c1-4-11-14(21)19(3)12-9(2)17-15(16)18-13(12)20(11)10-7-5-6-8-10/h10-11H,4-8H2,1-3H3/t11-/m1/s1. The van der Waals surface area contributed by atoms with Gasteiger partial charge in [0.15, 0.2) is 5.82 Å². The maximum Gasteiger partial charge on any atom is 0.249 e. The zero-order valence-electron chi connectivity index (χ0n) is 12.8. The van der Waals surface area contributed by atoms with Crippen LogP contribution in [0.15, 0.2) is 0 Å². The summed E-state index contributed by atoms with van der Waals surface area (Å²) in [7, 11) is 1.81. The molecule has 1 atom stereocenters. The van der Waals surface area contributed by atoms with Gasteiger partial charge in [0.05, 0.1) is 5.69 Å². The van der Waals surface area contributed by atoms with E-state index < -0.39 is 0 Å². The number of nitrogens with zero attached hydrogens (tertiary/aromatic N) is 4. The number of likely N-dealkylation sites (N-methyl/N-ethyl adjacent to an activating group) is 1. The highest BCUT2D eigenvalue weighted by Gasteiger charge is 2.41. The molecule has 0 radical (unpaired) electrons. The Bertz CT molecular complexity index is 571. The first-order chi connectivity index (χ1) is 10.0. The third-order valence-corrected chi connectivity index (χ3v) is 4.82. The van der Waals surface area contributed by atoms with Crippen LogP contribution in [-0.4, -0.2) is 35.0 Å². The summed E-state index contributed by atoms with van der Waals surface area (Å²) >= 11 is 6.08.